The smallest absolute Gasteiger partial charge is 0.229 e. The zero-order chi connectivity index (χ0) is 19.3. The Hall–Kier alpha value is -3.14. The van der Waals surface area contributed by atoms with Crippen molar-refractivity contribution in [3.8, 4) is 0 Å². The molecule has 142 valence electrons. The largest absolute Gasteiger partial charge is 0.352 e. The Labute approximate surface area is 157 Å². The summed E-state index contributed by atoms with van der Waals surface area (Å²) in [6.07, 6.45) is 3.02. The van der Waals surface area contributed by atoms with Crippen molar-refractivity contribution in [1.29, 1.82) is 0 Å². The van der Waals surface area contributed by atoms with E-state index in [4.69, 9.17) is 0 Å². The van der Waals surface area contributed by atoms with Gasteiger partial charge in [-0.2, -0.15) is 0 Å². The Bertz CT molecular complexity index is 1060. The van der Waals surface area contributed by atoms with E-state index in [1.807, 2.05) is 40.9 Å². The van der Waals surface area contributed by atoms with Crippen molar-refractivity contribution in [3.05, 3.63) is 60.0 Å². The van der Waals surface area contributed by atoms with Crippen LogP contribution in [0.2, 0.25) is 0 Å². The van der Waals surface area contributed by atoms with Crippen molar-refractivity contribution in [1.82, 2.24) is 25.2 Å². The summed E-state index contributed by atoms with van der Waals surface area (Å²) >= 11 is 0. The van der Waals surface area contributed by atoms with E-state index in [0.717, 1.165) is 23.3 Å². The molecule has 0 saturated carbocycles. The van der Waals surface area contributed by atoms with Gasteiger partial charge in [-0.05, 0) is 23.8 Å². The minimum atomic E-state index is -3.35. The molecule has 1 aromatic carbocycles. The molecular weight excluding hydrogens is 366 g/mol. The van der Waals surface area contributed by atoms with Gasteiger partial charge in [-0.15, -0.1) is 10.2 Å². The second-order valence-corrected chi connectivity index (χ2v) is 7.60. The minimum Gasteiger partial charge on any atom is -0.352 e. The third kappa shape index (κ3) is 4.94. The molecule has 3 aromatic rings. The predicted molar refractivity (Wildman–Crippen MR) is 105 cm³/mol. The normalized spacial score (nSPS) is 12.1. The van der Waals surface area contributed by atoms with Gasteiger partial charge in [0.25, 0.3) is 0 Å². The summed E-state index contributed by atoms with van der Waals surface area (Å²) in [6, 6.07) is 12.9. The Balaban J connectivity index is 1.63. The van der Waals surface area contributed by atoms with Crippen LogP contribution in [-0.2, 0) is 23.1 Å². The summed E-state index contributed by atoms with van der Waals surface area (Å²) < 4.78 is 27.4. The fourth-order valence-corrected chi connectivity index (χ4v) is 3.15. The summed E-state index contributed by atoms with van der Waals surface area (Å²) in [5.74, 6) is 1.32. The highest BCUT2D eigenvalue weighted by molar-refractivity contribution is 7.92. The first kappa shape index (κ1) is 18.6. The average Bonchev–Trinajstić information content (AvgIpc) is 3.05. The van der Waals surface area contributed by atoms with Gasteiger partial charge < -0.3 is 10.6 Å². The zero-order valence-electron chi connectivity index (χ0n) is 15.0. The lowest BCUT2D eigenvalue weighted by atomic mass is 10.2. The fourth-order valence-electron chi connectivity index (χ4n) is 2.55. The topological polar surface area (TPSA) is 113 Å². The summed E-state index contributed by atoms with van der Waals surface area (Å²) in [7, 11) is -1.68. The molecule has 2 heterocycles. The lowest BCUT2D eigenvalue weighted by molar-refractivity contribution is 0.606. The van der Waals surface area contributed by atoms with E-state index in [2.05, 4.69) is 30.5 Å². The molecule has 3 N–H and O–H groups in total. The van der Waals surface area contributed by atoms with Crippen LogP contribution in [0.4, 0.5) is 5.69 Å². The highest BCUT2D eigenvalue weighted by Crippen LogP contribution is 2.15. The van der Waals surface area contributed by atoms with Crippen molar-refractivity contribution >= 4 is 27.3 Å². The first-order valence-electron chi connectivity index (χ1n) is 8.25. The first-order chi connectivity index (χ1) is 13.0. The maximum atomic E-state index is 11.5. The molecule has 0 saturated heterocycles. The SMILES string of the molecule is CN=C(NCc1ccccc1NS(C)(=O)=O)NCc1nnc2ccccn12. The molecule has 0 unspecified atom stereocenters. The van der Waals surface area contributed by atoms with E-state index in [1.165, 1.54) is 0 Å². The van der Waals surface area contributed by atoms with E-state index in [1.54, 1.807) is 19.2 Å². The van der Waals surface area contributed by atoms with Crippen LogP contribution < -0.4 is 15.4 Å². The number of hydrogen-bond acceptors (Lipinski definition) is 5. The minimum absolute atomic E-state index is 0.402. The summed E-state index contributed by atoms with van der Waals surface area (Å²) in [5, 5.41) is 14.6. The van der Waals surface area contributed by atoms with E-state index in [-0.39, 0.29) is 0 Å². The number of nitrogens with zero attached hydrogens (tertiary/aromatic N) is 4. The van der Waals surface area contributed by atoms with Crippen molar-refractivity contribution in [2.75, 3.05) is 18.0 Å². The van der Waals surface area contributed by atoms with Gasteiger partial charge in [0.1, 0.15) is 0 Å². The number of anilines is 1. The first-order valence-corrected chi connectivity index (χ1v) is 10.1. The zero-order valence-corrected chi connectivity index (χ0v) is 15.9. The van der Waals surface area contributed by atoms with Gasteiger partial charge in [-0.1, -0.05) is 24.3 Å². The number of hydrogen-bond donors (Lipinski definition) is 3. The summed E-state index contributed by atoms with van der Waals surface area (Å²) in [4.78, 5) is 4.19. The Morgan fingerprint density at radius 2 is 1.81 bits per heavy atom. The molecule has 0 aliphatic heterocycles. The van der Waals surface area contributed by atoms with Crippen molar-refractivity contribution in [2.45, 2.75) is 13.1 Å². The number of para-hydroxylation sites is 1. The van der Waals surface area contributed by atoms with E-state index in [0.29, 0.717) is 24.7 Å². The number of aliphatic imine (C=N–C) groups is 1. The van der Waals surface area contributed by atoms with Gasteiger partial charge in [0.05, 0.1) is 18.5 Å². The third-order valence-corrected chi connectivity index (χ3v) is 4.37. The van der Waals surface area contributed by atoms with Crippen LogP contribution in [0.15, 0.2) is 53.7 Å². The highest BCUT2D eigenvalue weighted by Gasteiger charge is 2.09. The second kappa shape index (κ2) is 8.04. The number of benzene rings is 1. The maximum absolute atomic E-state index is 11.5. The van der Waals surface area contributed by atoms with Gasteiger partial charge in [0, 0.05) is 19.8 Å². The number of nitrogens with one attached hydrogen (secondary N) is 3. The molecule has 0 bridgehead atoms. The third-order valence-electron chi connectivity index (χ3n) is 3.78. The van der Waals surface area contributed by atoms with Crippen LogP contribution in [0, 0.1) is 0 Å². The van der Waals surface area contributed by atoms with Crippen molar-refractivity contribution in [3.63, 3.8) is 0 Å². The van der Waals surface area contributed by atoms with Gasteiger partial charge in [0.2, 0.25) is 10.0 Å². The quantitative estimate of drug-likeness (QED) is 0.429. The van der Waals surface area contributed by atoms with Crippen LogP contribution in [0.5, 0.6) is 0 Å². The number of guanidine groups is 1. The average molecular weight is 387 g/mol. The molecule has 0 aliphatic rings. The van der Waals surface area contributed by atoms with Crippen LogP contribution in [0.3, 0.4) is 0 Å². The van der Waals surface area contributed by atoms with Crippen LogP contribution in [0.1, 0.15) is 11.4 Å². The van der Waals surface area contributed by atoms with E-state index >= 15 is 0 Å². The number of sulfonamides is 1. The van der Waals surface area contributed by atoms with E-state index < -0.39 is 10.0 Å². The molecular formula is C17H21N7O2S. The highest BCUT2D eigenvalue weighted by atomic mass is 32.2. The van der Waals surface area contributed by atoms with Crippen LogP contribution in [-0.4, -0.2) is 42.3 Å². The molecule has 27 heavy (non-hydrogen) atoms. The summed E-state index contributed by atoms with van der Waals surface area (Å²) in [6.45, 7) is 0.840. The standard InChI is InChI=1S/C17H21N7O2S/c1-18-17(20-12-16-22-21-15-9-5-6-10-24(15)16)19-11-13-7-3-4-8-14(13)23-27(2,25)26/h3-10,23H,11-12H2,1-2H3,(H2,18,19,20). The molecule has 0 spiro atoms. The number of aromatic nitrogens is 3. The van der Waals surface area contributed by atoms with Crippen molar-refractivity contribution < 1.29 is 8.42 Å². The van der Waals surface area contributed by atoms with Gasteiger partial charge in [-0.3, -0.25) is 14.1 Å². The lowest BCUT2D eigenvalue weighted by Crippen LogP contribution is -2.37. The second-order valence-electron chi connectivity index (χ2n) is 5.86. The molecule has 2 aromatic heterocycles. The lowest BCUT2D eigenvalue weighted by Gasteiger charge is -2.14. The van der Waals surface area contributed by atoms with Crippen LogP contribution in [0.25, 0.3) is 5.65 Å². The van der Waals surface area contributed by atoms with Crippen LogP contribution >= 0.6 is 0 Å². The molecule has 0 fully saturated rings. The molecule has 0 atom stereocenters. The number of fused-ring (bicyclic) bond motifs is 1. The van der Waals surface area contributed by atoms with Gasteiger partial charge in [-0.25, -0.2) is 8.42 Å². The molecule has 0 amide bonds. The molecule has 0 radical (unpaired) electrons. The van der Waals surface area contributed by atoms with Gasteiger partial charge >= 0.3 is 0 Å². The summed E-state index contributed by atoms with van der Waals surface area (Å²) in [5.41, 5.74) is 2.11. The Morgan fingerprint density at radius 1 is 1.07 bits per heavy atom. The predicted octanol–water partition coefficient (Wildman–Crippen LogP) is 0.966. The monoisotopic (exact) mass is 387 g/mol. The fraction of sp³-hybridized carbons (Fsp3) is 0.235. The van der Waals surface area contributed by atoms with E-state index in [9.17, 15) is 8.42 Å². The molecule has 9 nitrogen and oxygen atoms in total. The molecule has 10 heteroatoms. The number of rotatable bonds is 6. The van der Waals surface area contributed by atoms with Crippen molar-refractivity contribution in [2.24, 2.45) is 4.99 Å². The number of pyridine rings is 1. The molecule has 0 aliphatic carbocycles. The van der Waals surface area contributed by atoms with Gasteiger partial charge in [0.15, 0.2) is 17.4 Å². The molecule has 3 rings (SSSR count). The Kier molecular flexibility index (Phi) is 5.55. The Morgan fingerprint density at radius 3 is 2.59 bits per heavy atom. The maximum Gasteiger partial charge on any atom is 0.229 e.